The number of nitrogens with zero attached hydrogens (tertiary/aromatic N) is 4. The molecule has 0 spiro atoms. The lowest BCUT2D eigenvalue weighted by Gasteiger charge is -2.41. The van der Waals surface area contributed by atoms with Crippen LogP contribution >= 0.6 is 0 Å². The Hall–Kier alpha value is -1.34. The van der Waals surface area contributed by atoms with E-state index in [9.17, 15) is 9.59 Å². The summed E-state index contributed by atoms with van der Waals surface area (Å²) in [6, 6.07) is -1.55. The molecule has 0 aromatic carbocycles. The Morgan fingerprint density at radius 3 is 1.67 bits per heavy atom. The van der Waals surface area contributed by atoms with Crippen LogP contribution in [0.5, 0.6) is 0 Å². The van der Waals surface area contributed by atoms with Gasteiger partial charge in [0.1, 0.15) is 0 Å². The zero-order valence-electron chi connectivity index (χ0n) is 7.05. The molecule has 68 valence electrons. The summed E-state index contributed by atoms with van der Waals surface area (Å²) in [6.07, 6.45) is 0. The third-order valence-electron chi connectivity index (χ3n) is 1.78. The van der Waals surface area contributed by atoms with Gasteiger partial charge in [0.2, 0.25) is 0 Å². The van der Waals surface area contributed by atoms with Crippen LogP contribution in [-0.4, -0.2) is 58.6 Å². The highest BCUT2D eigenvalue weighted by Gasteiger charge is 2.36. The number of amides is 4. The summed E-state index contributed by atoms with van der Waals surface area (Å²) < 4.78 is 0. The van der Waals surface area contributed by atoms with Crippen molar-refractivity contribution < 1.29 is 14.8 Å². The molecule has 0 atom stereocenters. The highest BCUT2D eigenvalue weighted by atomic mass is 16.5. The summed E-state index contributed by atoms with van der Waals surface area (Å²) in [5.74, 6) is 0. The van der Waals surface area contributed by atoms with E-state index in [-0.39, 0.29) is 5.06 Å². The minimum Gasteiger partial charge on any atom is -0.276 e. The molecule has 0 aromatic rings. The Kier molecular flexibility index (Phi) is 1.90. The molecule has 4 amide bonds. The van der Waals surface area contributed by atoms with Gasteiger partial charge in [-0.1, -0.05) is 0 Å². The zero-order chi connectivity index (χ0) is 9.46. The average molecular weight is 174 g/mol. The molecule has 7 nitrogen and oxygen atoms in total. The van der Waals surface area contributed by atoms with Gasteiger partial charge in [0.25, 0.3) is 0 Å². The van der Waals surface area contributed by atoms with Crippen LogP contribution in [0.3, 0.4) is 0 Å². The first kappa shape index (κ1) is 8.75. The number of imide groups is 1. The van der Waals surface area contributed by atoms with Crippen molar-refractivity contribution in [3.8, 4) is 0 Å². The van der Waals surface area contributed by atoms with E-state index in [0.29, 0.717) is 0 Å². The molecule has 1 aliphatic rings. The Balaban J connectivity index is 2.91. The van der Waals surface area contributed by atoms with Gasteiger partial charge in [0.15, 0.2) is 0 Å². The first-order valence-corrected chi connectivity index (χ1v) is 3.24. The lowest BCUT2D eigenvalue weighted by molar-refractivity contribution is -0.160. The summed E-state index contributed by atoms with van der Waals surface area (Å²) >= 11 is 0. The van der Waals surface area contributed by atoms with E-state index in [1.807, 2.05) is 0 Å². The molecular weight excluding hydrogens is 164 g/mol. The molecule has 0 unspecified atom stereocenters. The predicted molar refractivity (Wildman–Crippen MR) is 37.7 cm³/mol. The van der Waals surface area contributed by atoms with Crippen LogP contribution < -0.4 is 0 Å². The maximum atomic E-state index is 11.0. The fraction of sp³-hybridized carbons (Fsp3) is 0.600. The lowest BCUT2D eigenvalue weighted by Crippen LogP contribution is -2.64. The molecule has 0 bridgehead atoms. The van der Waals surface area contributed by atoms with E-state index in [4.69, 9.17) is 5.21 Å². The van der Waals surface area contributed by atoms with Gasteiger partial charge in [0, 0.05) is 21.1 Å². The van der Waals surface area contributed by atoms with Crippen LogP contribution in [0, 0.1) is 0 Å². The van der Waals surface area contributed by atoms with E-state index in [1.165, 1.54) is 26.3 Å². The van der Waals surface area contributed by atoms with Gasteiger partial charge < -0.3 is 0 Å². The third kappa shape index (κ3) is 0.990. The van der Waals surface area contributed by atoms with Gasteiger partial charge >= 0.3 is 12.1 Å². The minimum absolute atomic E-state index is 0.0556. The second-order valence-corrected chi connectivity index (χ2v) is 2.41. The Morgan fingerprint density at radius 2 is 1.33 bits per heavy atom. The van der Waals surface area contributed by atoms with E-state index >= 15 is 0 Å². The molecule has 0 radical (unpaired) electrons. The monoisotopic (exact) mass is 174 g/mol. The Bertz CT molecular complexity index is 209. The molecule has 1 N–H and O–H groups in total. The van der Waals surface area contributed by atoms with Crippen molar-refractivity contribution >= 4 is 12.1 Å². The fourth-order valence-electron chi connectivity index (χ4n) is 0.805. The molecule has 12 heavy (non-hydrogen) atoms. The van der Waals surface area contributed by atoms with Crippen LogP contribution in [0.25, 0.3) is 0 Å². The van der Waals surface area contributed by atoms with Gasteiger partial charge in [-0.3, -0.25) is 5.21 Å². The van der Waals surface area contributed by atoms with Gasteiger partial charge in [-0.25, -0.2) is 19.6 Å². The smallest absolute Gasteiger partial charge is 0.276 e. The van der Waals surface area contributed by atoms with Gasteiger partial charge in [-0.05, 0) is 0 Å². The normalized spacial score (nSPS) is 20.8. The second kappa shape index (κ2) is 2.61. The highest BCUT2D eigenvalue weighted by Crippen LogP contribution is 2.09. The summed E-state index contributed by atoms with van der Waals surface area (Å²) in [6.45, 7) is 0. The van der Waals surface area contributed by atoms with Gasteiger partial charge in [-0.15, -0.1) is 10.2 Å². The van der Waals surface area contributed by atoms with Crippen molar-refractivity contribution in [2.45, 2.75) is 0 Å². The number of carbonyl (C=O) groups excluding carboxylic acids is 2. The quantitative estimate of drug-likeness (QED) is 0.505. The van der Waals surface area contributed by atoms with Crippen LogP contribution in [0.15, 0.2) is 0 Å². The number of rotatable bonds is 0. The third-order valence-corrected chi connectivity index (χ3v) is 1.78. The van der Waals surface area contributed by atoms with Crippen LogP contribution in [-0.2, 0) is 0 Å². The van der Waals surface area contributed by atoms with E-state index in [0.717, 1.165) is 10.0 Å². The molecule has 0 saturated carbocycles. The molecule has 1 heterocycles. The van der Waals surface area contributed by atoms with Crippen LogP contribution in [0.1, 0.15) is 0 Å². The van der Waals surface area contributed by atoms with Gasteiger partial charge in [0.05, 0.1) is 0 Å². The number of hydrogen-bond donors (Lipinski definition) is 1. The Morgan fingerprint density at radius 1 is 1.00 bits per heavy atom. The number of hydrazine groups is 2. The summed E-state index contributed by atoms with van der Waals surface area (Å²) in [5.41, 5.74) is 0. The molecule has 0 aromatic heterocycles. The van der Waals surface area contributed by atoms with E-state index in [2.05, 4.69) is 0 Å². The first-order chi connectivity index (χ1) is 5.46. The largest absolute Gasteiger partial charge is 0.368 e. The number of hydrogen-bond acceptors (Lipinski definition) is 4. The van der Waals surface area contributed by atoms with Crippen molar-refractivity contribution in [3.05, 3.63) is 0 Å². The maximum Gasteiger partial charge on any atom is 0.368 e. The molecule has 1 aliphatic heterocycles. The molecule has 7 heteroatoms. The van der Waals surface area contributed by atoms with Crippen molar-refractivity contribution in [1.29, 1.82) is 0 Å². The van der Waals surface area contributed by atoms with Crippen molar-refractivity contribution in [2.24, 2.45) is 0 Å². The highest BCUT2D eigenvalue weighted by molar-refractivity contribution is 5.92. The summed E-state index contributed by atoms with van der Waals surface area (Å²) in [4.78, 5) is 22.0. The van der Waals surface area contributed by atoms with Crippen molar-refractivity contribution in [2.75, 3.05) is 21.1 Å². The second-order valence-electron chi connectivity index (χ2n) is 2.41. The number of urea groups is 2. The van der Waals surface area contributed by atoms with Crippen molar-refractivity contribution in [1.82, 2.24) is 20.2 Å². The standard InChI is InChI=1S/C5H10N4O3/c1-6-4(10)9(12)5(11)7(2)8(6)3/h12H,1-3H3. The number of carbonyl (C=O) groups is 2. The molecule has 1 fully saturated rings. The summed E-state index contributed by atoms with van der Waals surface area (Å²) in [5, 5.41) is 12.5. The lowest BCUT2D eigenvalue weighted by atomic mass is 10.7. The molecule has 0 aliphatic carbocycles. The number of hydroxylamine groups is 2. The molecular formula is C5H10N4O3. The Labute approximate surface area is 69.2 Å². The van der Waals surface area contributed by atoms with Crippen LogP contribution in [0.2, 0.25) is 0 Å². The summed E-state index contributed by atoms with van der Waals surface area (Å²) in [7, 11) is 4.41. The van der Waals surface area contributed by atoms with E-state index < -0.39 is 12.1 Å². The van der Waals surface area contributed by atoms with Crippen molar-refractivity contribution in [3.63, 3.8) is 0 Å². The first-order valence-electron chi connectivity index (χ1n) is 3.24. The van der Waals surface area contributed by atoms with Crippen LogP contribution in [0.4, 0.5) is 9.59 Å². The predicted octanol–water partition coefficient (Wildman–Crippen LogP) is -0.443. The fourth-order valence-corrected chi connectivity index (χ4v) is 0.805. The molecule has 1 rings (SSSR count). The van der Waals surface area contributed by atoms with E-state index in [1.54, 1.807) is 0 Å². The topological polar surface area (TPSA) is 67.3 Å². The van der Waals surface area contributed by atoms with Gasteiger partial charge in [-0.2, -0.15) is 0 Å². The maximum absolute atomic E-state index is 11.0. The minimum atomic E-state index is -0.777. The zero-order valence-corrected chi connectivity index (χ0v) is 7.05. The average Bonchev–Trinajstić information content (AvgIpc) is 2.08. The molecule has 1 saturated heterocycles. The SMILES string of the molecule is CN1C(=O)N(O)C(=O)N(C)N1C.